The first-order chi connectivity index (χ1) is 9.21. The molecule has 0 spiro atoms. The molecule has 19 heavy (non-hydrogen) atoms. The summed E-state index contributed by atoms with van der Waals surface area (Å²) in [4.78, 5) is 0. The van der Waals surface area contributed by atoms with Crippen LogP contribution in [0, 0.1) is 5.92 Å². The summed E-state index contributed by atoms with van der Waals surface area (Å²) in [6, 6.07) is 2.67. The molecule has 0 bridgehead atoms. The van der Waals surface area contributed by atoms with Crippen LogP contribution in [0.15, 0.2) is 12.3 Å². The Labute approximate surface area is 116 Å². The number of rotatable bonds is 8. The van der Waals surface area contributed by atoms with Crippen LogP contribution >= 0.6 is 0 Å². The van der Waals surface area contributed by atoms with E-state index in [4.69, 9.17) is 4.74 Å². The van der Waals surface area contributed by atoms with Crippen LogP contribution in [-0.2, 0) is 18.2 Å². The molecule has 1 fully saturated rings. The molecule has 4 nitrogen and oxygen atoms in total. The molecule has 1 unspecified atom stereocenters. The molecule has 0 aromatic carbocycles. The third-order valence-corrected chi connectivity index (χ3v) is 3.93. The van der Waals surface area contributed by atoms with Crippen LogP contribution in [0.4, 0.5) is 0 Å². The van der Waals surface area contributed by atoms with Gasteiger partial charge < -0.3 is 10.1 Å². The number of hydrogen-bond donors (Lipinski definition) is 1. The lowest BCUT2D eigenvalue weighted by Crippen LogP contribution is -2.39. The van der Waals surface area contributed by atoms with Gasteiger partial charge in [-0.15, -0.1) is 0 Å². The molecule has 0 saturated heterocycles. The fourth-order valence-electron chi connectivity index (χ4n) is 2.99. The summed E-state index contributed by atoms with van der Waals surface area (Å²) in [7, 11) is 1.98. The van der Waals surface area contributed by atoms with Crippen LogP contribution in [0.25, 0.3) is 0 Å². The van der Waals surface area contributed by atoms with Gasteiger partial charge in [0.1, 0.15) is 0 Å². The first kappa shape index (κ1) is 14.5. The molecule has 1 saturated carbocycles. The zero-order valence-electron chi connectivity index (χ0n) is 12.4. The van der Waals surface area contributed by atoms with Gasteiger partial charge in [0, 0.05) is 32.3 Å². The standard InChI is InChI=1S/C15H27N3O/c1-4-16-14(11-13-6-7-18(3)17-13)8-12-9-15(10-12)19-5-2/h6-7,12,14-16H,4-5,8-11H2,1-3H3. The van der Waals surface area contributed by atoms with Gasteiger partial charge >= 0.3 is 0 Å². The van der Waals surface area contributed by atoms with Crippen LogP contribution < -0.4 is 5.32 Å². The molecule has 0 amide bonds. The van der Waals surface area contributed by atoms with Gasteiger partial charge in [0.05, 0.1) is 11.8 Å². The predicted molar refractivity (Wildman–Crippen MR) is 77.1 cm³/mol. The summed E-state index contributed by atoms with van der Waals surface area (Å²) in [5, 5.41) is 8.08. The Morgan fingerprint density at radius 1 is 1.47 bits per heavy atom. The van der Waals surface area contributed by atoms with Crippen molar-refractivity contribution in [3.8, 4) is 0 Å². The van der Waals surface area contributed by atoms with Crippen LogP contribution in [0.1, 0.15) is 38.8 Å². The lowest BCUT2D eigenvalue weighted by molar-refractivity contribution is -0.0290. The maximum atomic E-state index is 5.64. The van der Waals surface area contributed by atoms with Gasteiger partial charge in [0.25, 0.3) is 0 Å². The summed E-state index contributed by atoms with van der Waals surface area (Å²) in [6.07, 6.45) is 7.29. The molecule has 1 aliphatic rings. The van der Waals surface area contributed by atoms with E-state index >= 15 is 0 Å². The quantitative estimate of drug-likeness (QED) is 0.783. The van der Waals surface area contributed by atoms with E-state index in [9.17, 15) is 0 Å². The molecule has 4 heteroatoms. The monoisotopic (exact) mass is 265 g/mol. The van der Waals surface area contributed by atoms with Gasteiger partial charge in [-0.1, -0.05) is 6.92 Å². The number of nitrogens with zero attached hydrogens (tertiary/aromatic N) is 2. The van der Waals surface area contributed by atoms with Crippen LogP contribution in [-0.4, -0.2) is 35.1 Å². The molecule has 1 atom stereocenters. The van der Waals surface area contributed by atoms with E-state index in [0.717, 1.165) is 25.5 Å². The van der Waals surface area contributed by atoms with Crippen molar-refractivity contribution in [2.24, 2.45) is 13.0 Å². The Morgan fingerprint density at radius 2 is 2.26 bits per heavy atom. The molecule has 0 radical (unpaired) electrons. The SMILES string of the molecule is CCNC(Cc1ccn(C)n1)CC1CC(OCC)C1. The minimum Gasteiger partial charge on any atom is -0.378 e. The molecule has 1 aromatic heterocycles. The van der Waals surface area contributed by atoms with Gasteiger partial charge in [-0.05, 0) is 44.7 Å². The van der Waals surface area contributed by atoms with Crippen LogP contribution in [0.2, 0.25) is 0 Å². The van der Waals surface area contributed by atoms with Crippen molar-refractivity contribution in [2.75, 3.05) is 13.2 Å². The largest absolute Gasteiger partial charge is 0.378 e. The van der Waals surface area contributed by atoms with Gasteiger partial charge in [-0.25, -0.2) is 0 Å². The summed E-state index contributed by atoms with van der Waals surface area (Å²) < 4.78 is 7.52. The third kappa shape index (κ3) is 4.32. The topological polar surface area (TPSA) is 39.1 Å². The fraction of sp³-hybridized carbons (Fsp3) is 0.800. The number of aryl methyl sites for hydroxylation is 1. The Balaban J connectivity index is 1.77. The molecule has 1 heterocycles. The molecule has 1 aliphatic carbocycles. The number of nitrogens with one attached hydrogen (secondary N) is 1. The highest BCUT2D eigenvalue weighted by Gasteiger charge is 2.31. The van der Waals surface area contributed by atoms with Crippen molar-refractivity contribution in [1.29, 1.82) is 0 Å². The number of ether oxygens (including phenoxy) is 1. The van der Waals surface area contributed by atoms with E-state index in [1.165, 1.54) is 25.0 Å². The van der Waals surface area contributed by atoms with E-state index in [0.29, 0.717) is 12.1 Å². The van der Waals surface area contributed by atoms with Crippen molar-refractivity contribution in [3.63, 3.8) is 0 Å². The van der Waals surface area contributed by atoms with E-state index < -0.39 is 0 Å². The number of likely N-dealkylation sites (N-methyl/N-ethyl adjacent to an activating group) is 1. The summed E-state index contributed by atoms with van der Waals surface area (Å²) in [5.41, 5.74) is 1.19. The first-order valence-corrected chi connectivity index (χ1v) is 7.54. The Hall–Kier alpha value is -0.870. The van der Waals surface area contributed by atoms with Crippen molar-refractivity contribution in [3.05, 3.63) is 18.0 Å². The van der Waals surface area contributed by atoms with E-state index in [1.807, 2.05) is 17.9 Å². The third-order valence-electron chi connectivity index (χ3n) is 3.93. The van der Waals surface area contributed by atoms with Crippen LogP contribution in [0.5, 0.6) is 0 Å². The molecule has 1 N–H and O–H groups in total. The Morgan fingerprint density at radius 3 is 2.84 bits per heavy atom. The second kappa shape index (κ2) is 7.06. The van der Waals surface area contributed by atoms with Gasteiger partial charge in [-0.3, -0.25) is 4.68 Å². The minimum atomic E-state index is 0.520. The highest BCUT2D eigenvalue weighted by Crippen LogP contribution is 2.34. The van der Waals surface area contributed by atoms with Gasteiger partial charge in [0.15, 0.2) is 0 Å². The van der Waals surface area contributed by atoms with Crippen molar-refractivity contribution >= 4 is 0 Å². The Kier molecular flexibility index (Phi) is 5.40. The zero-order valence-corrected chi connectivity index (χ0v) is 12.4. The lowest BCUT2D eigenvalue weighted by atomic mass is 9.77. The summed E-state index contributed by atoms with van der Waals surface area (Å²) in [5.74, 6) is 0.823. The molecule has 1 aromatic rings. The van der Waals surface area contributed by atoms with Crippen molar-refractivity contribution < 1.29 is 4.74 Å². The zero-order chi connectivity index (χ0) is 13.7. The van der Waals surface area contributed by atoms with Gasteiger partial charge in [0.2, 0.25) is 0 Å². The highest BCUT2D eigenvalue weighted by atomic mass is 16.5. The van der Waals surface area contributed by atoms with E-state index in [2.05, 4.69) is 30.3 Å². The maximum absolute atomic E-state index is 5.64. The minimum absolute atomic E-state index is 0.520. The second-order valence-corrected chi connectivity index (χ2v) is 5.59. The lowest BCUT2D eigenvalue weighted by Gasteiger charge is -2.37. The van der Waals surface area contributed by atoms with Crippen LogP contribution in [0.3, 0.4) is 0 Å². The molecule has 2 rings (SSSR count). The predicted octanol–water partition coefficient (Wildman–Crippen LogP) is 2.15. The van der Waals surface area contributed by atoms with E-state index in [1.54, 1.807) is 0 Å². The molecule has 108 valence electrons. The normalized spacial score (nSPS) is 24.2. The fourth-order valence-corrected chi connectivity index (χ4v) is 2.99. The average Bonchev–Trinajstić information content (AvgIpc) is 2.72. The average molecular weight is 265 g/mol. The smallest absolute Gasteiger partial charge is 0.0640 e. The molecular weight excluding hydrogens is 238 g/mol. The summed E-state index contributed by atoms with van der Waals surface area (Å²) in [6.45, 7) is 6.13. The van der Waals surface area contributed by atoms with Crippen molar-refractivity contribution in [1.82, 2.24) is 15.1 Å². The first-order valence-electron chi connectivity index (χ1n) is 7.54. The van der Waals surface area contributed by atoms with E-state index in [-0.39, 0.29) is 0 Å². The van der Waals surface area contributed by atoms with Gasteiger partial charge in [-0.2, -0.15) is 5.10 Å². The molecule has 0 aliphatic heterocycles. The maximum Gasteiger partial charge on any atom is 0.0640 e. The highest BCUT2D eigenvalue weighted by molar-refractivity contribution is 5.02. The molecular formula is C15H27N3O. The second-order valence-electron chi connectivity index (χ2n) is 5.59. The number of hydrogen-bond acceptors (Lipinski definition) is 3. The number of aromatic nitrogens is 2. The van der Waals surface area contributed by atoms with Crippen molar-refractivity contribution in [2.45, 2.75) is 51.7 Å². The Bertz CT molecular complexity index is 371. The summed E-state index contributed by atoms with van der Waals surface area (Å²) >= 11 is 0.